The van der Waals surface area contributed by atoms with E-state index >= 15 is 0 Å². The summed E-state index contributed by atoms with van der Waals surface area (Å²) in [5, 5.41) is 5.05. The molecule has 0 saturated carbocycles. The molecule has 0 radical (unpaired) electrons. The first kappa shape index (κ1) is 16.1. The third kappa shape index (κ3) is 4.63. The number of ketones is 1. The van der Waals surface area contributed by atoms with E-state index in [0.29, 0.717) is 5.82 Å². The smallest absolute Gasteiger partial charge is 0.320 e. The molecule has 0 spiro atoms. The molecule has 114 valence electrons. The minimum atomic E-state index is -0.559. The number of pyridine rings is 1. The number of carbonyl (C=O) groups excluding carboxylic acids is 2. The first-order chi connectivity index (χ1) is 10.6. The van der Waals surface area contributed by atoms with Crippen molar-refractivity contribution in [2.24, 2.45) is 0 Å². The number of hydrogen-bond acceptors (Lipinski definition) is 3. The lowest BCUT2D eigenvalue weighted by Gasteiger charge is -2.07. The van der Waals surface area contributed by atoms with Crippen molar-refractivity contribution >= 4 is 33.6 Å². The van der Waals surface area contributed by atoms with Crippen LogP contribution in [0.2, 0.25) is 0 Å². The van der Waals surface area contributed by atoms with Gasteiger partial charge in [-0.3, -0.25) is 10.1 Å². The summed E-state index contributed by atoms with van der Waals surface area (Å²) in [6.45, 7) is 0.107. The van der Waals surface area contributed by atoms with E-state index in [-0.39, 0.29) is 24.3 Å². The van der Waals surface area contributed by atoms with Crippen LogP contribution in [0.15, 0.2) is 47.1 Å². The second-order valence-corrected chi connectivity index (χ2v) is 5.31. The molecule has 1 aromatic carbocycles. The number of amides is 2. The zero-order chi connectivity index (χ0) is 15.9. The van der Waals surface area contributed by atoms with Crippen LogP contribution in [0, 0.1) is 5.82 Å². The number of Topliss-reactive ketones (excluding diaryl/α,β-unsaturated/α-hetero) is 1. The predicted molar refractivity (Wildman–Crippen MR) is 84.3 cm³/mol. The Morgan fingerprint density at radius 2 is 1.95 bits per heavy atom. The summed E-state index contributed by atoms with van der Waals surface area (Å²) in [5.74, 6) is -0.530. The number of hydrogen-bond donors (Lipinski definition) is 2. The first-order valence-corrected chi connectivity index (χ1v) is 7.29. The lowest BCUT2D eigenvalue weighted by Crippen LogP contribution is -2.31. The number of nitrogens with zero attached hydrogens (tertiary/aromatic N) is 1. The molecular weight excluding hydrogens is 353 g/mol. The molecule has 0 bridgehead atoms. The Hall–Kier alpha value is -2.28. The van der Waals surface area contributed by atoms with E-state index in [2.05, 4.69) is 31.5 Å². The highest BCUT2D eigenvalue weighted by molar-refractivity contribution is 9.10. The predicted octanol–water partition coefficient (Wildman–Crippen LogP) is 3.38. The van der Waals surface area contributed by atoms with Crippen molar-refractivity contribution < 1.29 is 14.0 Å². The molecule has 22 heavy (non-hydrogen) atoms. The van der Waals surface area contributed by atoms with E-state index in [4.69, 9.17) is 0 Å². The zero-order valence-corrected chi connectivity index (χ0v) is 13.1. The van der Waals surface area contributed by atoms with Crippen LogP contribution >= 0.6 is 15.9 Å². The maximum absolute atomic E-state index is 13.4. The van der Waals surface area contributed by atoms with Crippen molar-refractivity contribution in [3.05, 3.63) is 58.4 Å². The minimum Gasteiger partial charge on any atom is -0.337 e. The van der Waals surface area contributed by atoms with Crippen LogP contribution in [0.3, 0.4) is 0 Å². The topological polar surface area (TPSA) is 71.1 Å². The maximum Gasteiger partial charge on any atom is 0.320 e. The molecule has 0 aliphatic heterocycles. The summed E-state index contributed by atoms with van der Waals surface area (Å²) in [6.07, 6.45) is 1.57. The highest BCUT2D eigenvalue weighted by atomic mass is 79.9. The molecule has 7 heteroatoms. The van der Waals surface area contributed by atoms with Gasteiger partial charge in [-0.15, -0.1) is 0 Å². The number of nitrogens with one attached hydrogen (secondary N) is 2. The fourth-order valence-corrected chi connectivity index (χ4v) is 1.96. The lowest BCUT2D eigenvalue weighted by atomic mass is 10.1. The van der Waals surface area contributed by atoms with Gasteiger partial charge in [0.25, 0.3) is 0 Å². The Kier molecular flexibility index (Phi) is 5.60. The van der Waals surface area contributed by atoms with E-state index in [1.807, 2.05) is 0 Å². The fourth-order valence-electron chi connectivity index (χ4n) is 1.72. The molecule has 0 aliphatic rings. The number of halogens is 2. The average molecular weight is 366 g/mol. The molecule has 1 heterocycles. The van der Waals surface area contributed by atoms with Crippen molar-refractivity contribution in [3.63, 3.8) is 0 Å². The molecule has 2 N–H and O–H groups in total. The molecular formula is C15H13BrFN3O2. The van der Waals surface area contributed by atoms with Crippen LogP contribution in [0.4, 0.5) is 15.0 Å². The first-order valence-electron chi connectivity index (χ1n) is 6.50. The van der Waals surface area contributed by atoms with Crippen LogP contribution in [0.25, 0.3) is 0 Å². The Morgan fingerprint density at radius 3 is 2.64 bits per heavy atom. The SMILES string of the molecule is O=C(NCCC(=O)c1ccccc1F)Nc1ccc(Br)cn1. The molecule has 0 aliphatic carbocycles. The van der Waals surface area contributed by atoms with E-state index in [1.54, 1.807) is 24.4 Å². The summed E-state index contributed by atoms with van der Waals surface area (Å²) in [7, 11) is 0. The number of rotatable bonds is 5. The number of carbonyl (C=O) groups is 2. The molecule has 2 amide bonds. The van der Waals surface area contributed by atoms with Crippen molar-refractivity contribution in [1.82, 2.24) is 10.3 Å². The number of urea groups is 1. The Morgan fingerprint density at radius 1 is 1.18 bits per heavy atom. The van der Waals surface area contributed by atoms with Gasteiger partial charge >= 0.3 is 6.03 Å². The van der Waals surface area contributed by atoms with Crippen molar-refractivity contribution in [2.75, 3.05) is 11.9 Å². The van der Waals surface area contributed by atoms with Crippen LogP contribution in [-0.4, -0.2) is 23.3 Å². The Bertz CT molecular complexity index is 677. The summed E-state index contributed by atoms with van der Waals surface area (Å²) in [6, 6.07) is 8.66. The standard InChI is InChI=1S/C15H13BrFN3O2/c16-10-5-6-14(19-9-10)20-15(22)18-8-7-13(21)11-3-1-2-4-12(11)17/h1-6,9H,7-8H2,(H2,18,19,20,22). The van der Waals surface area contributed by atoms with Crippen LogP contribution in [0.1, 0.15) is 16.8 Å². The van der Waals surface area contributed by atoms with E-state index in [9.17, 15) is 14.0 Å². The molecule has 0 atom stereocenters. The van der Waals surface area contributed by atoms with Crippen molar-refractivity contribution in [2.45, 2.75) is 6.42 Å². The summed E-state index contributed by atoms with van der Waals surface area (Å²) in [4.78, 5) is 27.4. The van der Waals surface area contributed by atoms with Crippen molar-refractivity contribution in [1.29, 1.82) is 0 Å². The monoisotopic (exact) mass is 365 g/mol. The van der Waals surface area contributed by atoms with E-state index in [0.717, 1.165) is 4.47 Å². The number of anilines is 1. The second kappa shape index (κ2) is 7.65. The van der Waals surface area contributed by atoms with E-state index in [1.165, 1.54) is 18.2 Å². The van der Waals surface area contributed by atoms with Gasteiger partial charge in [0.05, 0.1) is 5.56 Å². The average Bonchev–Trinajstić information content (AvgIpc) is 2.50. The molecule has 2 aromatic rings. The quantitative estimate of drug-likeness (QED) is 0.797. The minimum absolute atomic E-state index is 0.0160. The van der Waals surface area contributed by atoms with Crippen molar-refractivity contribution in [3.8, 4) is 0 Å². The van der Waals surface area contributed by atoms with Gasteiger partial charge in [0, 0.05) is 23.6 Å². The van der Waals surface area contributed by atoms with Gasteiger partial charge in [0.1, 0.15) is 11.6 Å². The molecule has 0 saturated heterocycles. The summed E-state index contributed by atoms with van der Waals surface area (Å²) < 4.78 is 14.2. The third-order valence-electron chi connectivity index (χ3n) is 2.78. The number of aromatic nitrogens is 1. The van der Waals surface area contributed by atoms with Crippen LogP contribution in [0.5, 0.6) is 0 Å². The van der Waals surface area contributed by atoms with Gasteiger partial charge in [0.2, 0.25) is 0 Å². The van der Waals surface area contributed by atoms with Crippen LogP contribution < -0.4 is 10.6 Å². The van der Waals surface area contributed by atoms with Gasteiger partial charge < -0.3 is 5.32 Å². The number of benzene rings is 1. The Balaban J connectivity index is 1.78. The largest absolute Gasteiger partial charge is 0.337 e. The molecule has 0 unspecified atom stereocenters. The highest BCUT2D eigenvalue weighted by Gasteiger charge is 2.11. The zero-order valence-electron chi connectivity index (χ0n) is 11.5. The molecule has 5 nitrogen and oxygen atoms in total. The van der Waals surface area contributed by atoms with Gasteiger partial charge in [0.15, 0.2) is 5.78 Å². The van der Waals surface area contributed by atoms with Gasteiger partial charge in [-0.2, -0.15) is 0 Å². The maximum atomic E-state index is 13.4. The van der Waals surface area contributed by atoms with Gasteiger partial charge in [-0.25, -0.2) is 14.2 Å². The summed E-state index contributed by atoms with van der Waals surface area (Å²) in [5.41, 5.74) is 0.0271. The fraction of sp³-hybridized carbons (Fsp3) is 0.133. The molecule has 1 aromatic heterocycles. The molecule has 0 fully saturated rings. The van der Waals surface area contributed by atoms with E-state index < -0.39 is 11.8 Å². The third-order valence-corrected chi connectivity index (χ3v) is 3.25. The lowest BCUT2D eigenvalue weighted by molar-refractivity contribution is 0.0980. The normalized spacial score (nSPS) is 10.1. The van der Waals surface area contributed by atoms with Gasteiger partial charge in [-0.05, 0) is 40.2 Å². The van der Waals surface area contributed by atoms with Crippen LogP contribution in [-0.2, 0) is 0 Å². The highest BCUT2D eigenvalue weighted by Crippen LogP contribution is 2.10. The second-order valence-electron chi connectivity index (χ2n) is 4.40. The summed E-state index contributed by atoms with van der Waals surface area (Å²) >= 11 is 3.24. The van der Waals surface area contributed by atoms with Gasteiger partial charge in [-0.1, -0.05) is 12.1 Å². The molecule has 2 rings (SSSR count). The Labute approximate surface area is 135 Å².